The highest BCUT2D eigenvalue weighted by Gasteiger charge is 2.16. The van der Waals surface area contributed by atoms with Gasteiger partial charge in [-0.2, -0.15) is 4.98 Å². The average Bonchev–Trinajstić information content (AvgIpc) is 3.23. The molecule has 8 nitrogen and oxygen atoms in total. The number of aromatic nitrogens is 2. The minimum atomic E-state index is 0.501. The molecule has 0 amide bonds. The predicted molar refractivity (Wildman–Crippen MR) is 115 cm³/mol. The summed E-state index contributed by atoms with van der Waals surface area (Å²) in [5, 5.41) is 6.27. The van der Waals surface area contributed by atoms with E-state index in [2.05, 4.69) is 25.5 Å². The molecule has 1 saturated heterocycles. The van der Waals surface area contributed by atoms with Gasteiger partial charge in [0.25, 0.3) is 0 Å². The van der Waals surface area contributed by atoms with E-state index in [1.807, 2.05) is 32.2 Å². The molecule has 1 aliphatic heterocycles. The number of methoxy groups -OCH3 is 2. The van der Waals surface area contributed by atoms with Gasteiger partial charge < -0.3 is 29.7 Å². The number of nitrogens with one attached hydrogen (secondary N) is 2. The molecule has 0 spiro atoms. The van der Waals surface area contributed by atoms with Crippen LogP contribution in [0.4, 0.5) is 17.5 Å². The summed E-state index contributed by atoms with van der Waals surface area (Å²) in [6.45, 7) is 5.99. The first-order valence-corrected chi connectivity index (χ1v) is 10.0. The lowest BCUT2D eigenvalue weighted by molar-refractivity contribution is 0.251. The van der Waals surface area contributed by atoms with Gasteiger partial charge >= 0.3 is 0 Å². The van der Waals surface area contributed by atoms with Crippen LogP contribution in [0, 0.1) is 6.92 Å². The van der Waals surface area contributed by atoms with E-state index < -0.39 is 0 Å². The van der Waals surface area contributed by atoms with Crippen molar-refractivity contribution in [1.82, 2.24) is 14.9 Å². The third-order valence-electron chi connectivity index (χ3n) is 4.89. The van der Waals surface area contributed by atoms with E-state index in [9.17, 15) is 0 Å². The summed E-state index contributed by atoms with van der Waals surface area (Å²) >= 11 is 0. The van der Waals surface area contributed by atoms with E-state index in [1.165, 1.54) is 25.9 Å². The van der Waals surface area contributed by atoms with Crippen molar-refractivity contribution in [1.29, 1.82) is 0 Å². The third-order valence-corrected chi connectivity index (χ3v) is 4.89. The summed E-state index contributed by atoms with van der Waals surface area (Å²) in [6, 6.07) is 5.62. The third kappa shape index (κ3) is 5.63. The fraction of sp³-hybridized carbons (Fsp3) is 0.524. The molecule has 0 atom stereocenters. The lowest BCUT2D eigenvalue weighted by Crippen LogP contribution is -2.22. The Morgan fingerprint density at radius 1 is 1.03 bits per heavy atom. The van der Waals surface area contributed by atoms with Crippen LogP contribution in [0.1, 0.15) is 25.0 Å². The zero-order valence-electron chi connectivity index (χ0n) is 17.7. The second-order valence-electron chi connectivity index (χ2n) is 7.05. The van der Waals surface area contributed by atoms with Crippen LogP contribution in [0.5, 0.6) is 17.2 Å². The Bertz CT molecular complexity index is 809. The molecule has 0 unspecified atom stereocenters. The molecule has 3 rings (SSSR count). The molecular weight excluding hydrogens is 370 g/mol. The molecule has 8 heteroatoms. The Morgan fingerprint density at radius 2 is 1.79 bits per heavy atom. The highest BCUT2D eigenvalue weighted by atomic mass is 16.5. The maximum atomic E-state index is 6.05. The lowest BCUT2D eigenvalue weighted by atomic mass is 10.2. The molecule has 0 bridgehead atoms. The molecule has 1 aromatic carbocycles. The molecule has 158 valence electrons. The van der Waals surface area contributed by atoms with Crippen molar-refractivity contribution in [3.8, 4) is 17.2 Å². The van der Waals surface area contributed by atoms with Crippen LogP contribution in [0.15, 0.2) is 18.2 Å². The molecule has 2 N–H and O–H groups in total. The van der Waals surface area contributed by atoms with Crippen LogP contribution >= 0.6 is 0 Å². The monoisotopic (exact) mass is 401 g/mol. The number of nitrogens with zero attached hydrogens (tertiary/aromatic N) is 3. The van der Waals surface area contributed by atoms with Gasteiger partial charge in [-0.15, -0.1) is 0 Å². The quantitative estimate of drug-likeness (QED) is 0.586. The van der Waals surface area contributed by atoms with Gasteiger partial charge in [-0.05, 0) is 39.3 Å². The Hall–Kier alpha value is -2.74. The molecule has 2 heterocycles. The molecule has 2 aromatic rings. The number of ether oxygens (including phenoxy) is 3. The lowest BCUT2D eigenvalue weighted by Gasteiger charge is -2.18. The van der Waals surface area contributed by atoms with Gasteiger partial charge in [-0.1, -0.05) is 0 Å². The van der Waals surface area contributed by atoms with Gasteiger partial charge in [0.15, 0.2) is 11.5 Å². The average molecular weight is 402 g/mol. The molecule has 1 fully saturated rings. The molecule has 0 radical (unpaired) electrons. The van der Waals surface area contributed by atoms with Crippen molar-refractivity contribution < 1.29 is 14.2 Å². The Balaban J connectivity index is 1.73. The fourth-order valence-corrected chi connectivity index (χ4v) is 3.47. The smallest absolute Gasteiger partial charge is 0.229 e. The predicted octanol–water partition coefficient (Wildman–Crippen LogP) is 3.45. The summed E-state index contributed by atoms with van der Waals surface area (Å²) in [4.78, 5) is 11.4. The SMILES string of the molecule is CNc1cc(C)nc(Nc2cc(OC)c(OC)c(OCCCN3CCCC3)c2)n1. The van der Waals surface area contributed by atoms with E-state index in [0.29, 0.717) is 29.8 Å². The molecule has 1 aliphatic rings. The van der Waals surface area contributed by atoms with Crippen molar-refractivity contribution in [2.45, 2.75) is 26.2 Å². The first kappa shape index (κ1) is 21.0. The number of likely N-dealkylation sites (tertiary alicyclic amines) is 1. The van der Waals surface area contributed by atoms with Crippen molar-refractivity contribution in [2.75, 3.05) is 58.1 Å². The van der Waals surface area contributed by atoms with Crippen molar-refractivity contribution in [2.24, 2.45) is 0 Å². The van der Waals surface area contributed by atoms with Crippen LogP contribution in [-0.4, -0.2) is 62.4 Å². The zero-order chi connectivity index (χ0) is 20.6. The van der Waals surface area contributed by atoms with Crippen molar-refractivity contribution in [3.63, 3.8) is 0 Å². The Labute approximate surface area is 172 Å². The van der Waals surface area contributed by atoms with Crippen molar-refractivity contribution >= 4 is 17.5 Å². The molecule has 1 aromatic heterocycles. The van der Waals surface area contributed by atoms with Gasteiger partial charge in [0, 0.05) is 43.2 Å². The number of benzene rings is 1. The number of rotatable bonds is 10. The van der Waals surface area contributed by atoms with E-state index in [0.717, 1.165) is 30.2 Å². The van der Waals surface area contributed by atoms with Gasteiger partial charge in [0.05, 0.1) is 20.8 Å². The minimum absolute atomic E-state index is 0.501. The topological polar surface area (TPSA) is 80.8 Å². The number of hydrogen-bond donors (Lipinski definition) is 2. The highest BCUT2D eigenvalue weighted by molar-refractivity contribution is 5.66. The standard InChI is InChI=1S/C21H31N5O3/c1-15-12-19(22-2)25-21(23-15)24-16-13-17(27-3)20(28-4)18(14-16)29-11-7-10-26-8-5-6-9-26/h12-14H,5-11H2,1-4H3,(H2,22,23,24,25). The van der Waals surface area contributed by atoms with Gasteiger partial charge in [0.1, 0.15) is 5.82 Å². The second kappa shape index (κ2) is 10.2. The summed E-state index contributed by atoms with van der Waals surface area (Å²) in [5.74, 6) is 3.06. The molecule has 29 heavy (non-hydrogen) atoms. The van der Waals surface area contributed by atoms with E-state index >= 15 is 0 Å². The number of hydrogen-bond acceptors (Lipinski definition) is 8. The van der Waals surface area contributed by atoms with E-state index in [4.69, 9.17) is 14.2 Å². The summed E-state index contributed by atoms with van der Waals surface area (Å²) in [7, 11) is 5.06. The number of aryl methyl sites for hydroxylation is 1. The van der Waals surface area contributed by atoms with Gasteiger partial charge in [-0.25, -0.2) is 4.98 Å². The van der Waals surface area contributed by atoms with Crippen LogP contribution < -0.4 is 24.8 Å². The van der Waals surface area contributed by atoms with Gasteiger partial charge in [-0.3, -0.25) is 0 Å². The van der Waals surface area contributed by atoms with Crippen LogP contribution in [-0.2, 0) is 0 Å². The Morgan fingerprint density at radius 3 is 2.48 bits per heavy atom. The zero-order valence-corrected chi connectivity index (χ0v) is 17.7. The van der Waals surface area contributed by atoms with Crippen molar-refractivity contribution in [3.05, 3.63) is 23.9 Å². The maximum absolute atomic E-state index is 6.05. The summed E-state index contributed by atoms with van der Waals surface area (Å²) < 4.78 is 17.1. The van der Waals surface area contributed by atoms with Crippen LogP contribution in [0.25, 0.3) is 0 Å². The highest BCUT2D eigenvalue weighted by Crippen LogP contribution is 2.40. The minimum Gasteiger partial charge on any atom is -0.493 e. The summed E-state index contributed by atoms with van der Waals surface area (Å²) in [6.07, 6.45) is 3.57. The number of anilines is 3. The molecular formula is C21H31N5O3. The maximum Gasteiger partial charge on any atom is 0.229 e. The molecule has 0 saturated carbocycles. The van der Waals surface area contributed by atoms with E-state index in [-0.39, 0.29) is 0 Å². The largest absolute Gasteiger partial charge is 0.493 e. The molecule has 0 aliphatic carbocycles. The Kier molecular flexibility index (Phi) is 7.35. The normalized spacial score (nSPS) is 13.9. The van der Waals surface area contributed by atoms with Gasteiger partial charge in [0.2, 0.25) is 11.7 Å². The first-order valence-electron chi connectivity index (χ1n) is 10.0. The second-order valence-corrected chi connectivity index (χ2v) is 7.05. The summed E-state index contributed by atoms with van der Waals surface area (Å²) in [5.41, 5.74) is 1.63. The van der Waals surface area contributed by atoms with E-state index in [1.54, 1.807) is 14.2 Å². The fourth-order valence-electron chi connectivity index (χ4n) is 3.47. The van der Waals surface area contributed by atoms with Crippen LogP contribution in [0.3, 0.4) is 0 Å². The first-order chi connectivity index (χ1) is 14.1. The van der Waals surface area contributed by atoms with Crippen LogP contribution in [0.2, 0.25) is 0 Å².